The van der Waals surface area contributed by atoms with Gasteiger partial charge in [0.15, 0.2) is 6.10 Å². The van der Waals surface area contributed by atoms with E-state index in [0.29, 0.717) is 30.0 Å². The Labute approximate surface area is 142 Å². The number of para-hydroxylation sites is 1. The number of hydroxylamine groups is 1. The number of rotatable bonds is 3. The number of hydrogen-bond acceptors (Lipinski definition) is 4. The van der Waals surface area contributed by atoms with Gasteiger partial charge in [-0.25, -0.2) is 14.7 Å². The molecule has 4 N–H and O–H groups in total. The number of halogens is 1. The minimum absolute atomic E-state index is 0.386. The molecule has 0 fully saturated rings. The summed E-state index contributed by atoms with van der Waals surface area (Å²) in [7, 11) is 0. The minimum atomic E-state index is -0.833. The second-order valence-corrected chi connectivity index (χ2v) is 5.50. The highest BCUT2D eigenvalue weighted by atomic mass is 19.1. The van der Waals surface area contributed by atoms with Gasteiger partial charge in [0, 0.05) is 5.69 Å². The van der Waals surface area contributed by atoms with Gasteiger partial charge >= 0.3 is 6.03 Å². The Hall–Kier alpha value is -3.13. The largest absolute Gasteiger partial charge is 0.478 e. The van der Waals surface area contributed by atoms with Crippen molar-refractivity contribution >= 4 is 23.3 Å². The number of carbonyl (C=O) groups is 2. The summed E-state index contributed by atoms with van der Waals surface area (Å²) in [4.78, 5) is 23.7. The lowest BCUT2D eigenvalue weighted by molar-refractivity contribution is -0.137. The molecule has 2 aromatic rings. The molecule has 1 heterocycles. The number of benzene rings is 2. The maximum atomic E-state index is 12.9. The van der Waals surface area contributed by atoms with Gasteiger partial charge in [-0.15, -0.1) is 0 Å². The summed E-state index contributed by atoms with van der Waals surface area (Å²) in [5, 5.41) is 14.0. The van der Waals surface area contributed by atoms with Crippen LogP contribution < -0.4 is 20.9 Å². The summed E-state index contributed by atoms with van der Waals surface area (Å²) in [5.74, 6) is -0.655. The molecule has 1 aliphatic heterocycles. The fourth-order valence-electron chi connectivity index (χ4n) is 2.58. The van der Waals surface area contributed by atoms with E-state index in [1.165, 1.54) is 24.3 Å². The van der Waals surface area contributed by atoms with Crippen LogP contribution in [0, 0.1) is 5.82 Å². The molecule has 8 heteroatoms. The molecule has 0 saturated carbocycles. The SMILES string of the molecule is O=C(Nc1ccc(F)cc1)Nc1cccc2c1OC(C(=O)NO)CC2. The molecule has 7 nitrogen and oxygen atoms in total. The zero-order chi connectivity index (χ0) is 17.8. The summed E-state index contributed by atoms with van der Waals surface area (Å²) in [6, 6.07) is 10.1. The van der Waals surface area contributed by atoms with Crippen molar-refractivity contribution in [2.24, 2.45) is 0 Å². The van der Waals surface area contributed by atoms with Crippen LogP contribution in [-0.2, 0) is 11.2 Å². The van der Waals surface area contributed by atoms with Crippen molar-refractivity contribution in [1.29, 1.82) is 0 Å². The Kier molecular flexibility index (Phi) is 4.80. The fourth-order valence-corrected chi connectivity index (χ4v) is 2.58. The van der Waals surface area contributed by atoms with Crippen molar-refractivity contribution in [3.8, 4) is 5.75 Å². The van der Waals surface area contributed by atoms with Gasteiger partial charge in [-0.3, -0.25) is 10.0 Å². The lowest BCUT2D eigenvalue weighted by atomic mass is 10.0. The van der Waals surface area contributed by atoms with Crippen LogP contribution in [0.5, 0.6) is 5.75 Å². The van der Waals surface area contributed by atoms with Crippen LogP contribution in [0.4, 0.5) is 20.6 Å². The van der Waals surface area contributed by atoms with Gasteiger partial charge in [-0.2, -0.15) is 0 Å². The van der Waals surface area contributed by atoms with E-state index >= 15 is 0 Å². The number of amides is 3. The van der Waals surface area contributed by atoms with Crippen molar-refractivity contribution in [1.82, 2.24) is 5.48 Å². The van der Waals surface area contributed by atoms with E-state index in [1.807, 2.05) is 6.07 Å². The summed E-state index contributed by atoms with van der Waals surface area (Å²) in [5.41, 5.74) is 3.25. The van der Waals surface area contributed by atoms with Crippen molar-refractivity contribution in [2.45, 2.75) is 18.9 Å². The molecule has 1 atom stereocenters. The molecule has 3 rings (SSSR count). The number of fused-ring (bicyclic) bond motifs is 1. The molecular formula is C17H16FN3O4. The molecule has 130 valence electrons. The van der Waals surface area contributed by atoms with Gasteiger partial charge in [-0.1, -0.05) is 12.1 Å². The van der Waals surface area contributed by atoms with E-state index in [-0.39, 0.29) is 0 Å². The zero-order valence-corrected chi connectivity index (χ0v) is 13.1. The average Bonchev–Trinajstić information content (AvgIpc) is 2.63. The van der Waals surface area contributed by atoms with Crippen molar-refractivity contribution in [3.63, 3.8) is 0 Å². The Morgan fingerprint density at radius 3 is 2.60 bits per heavy atom. The number of aryl methyl sites for hydroxylation is 1. The summed E-state index contributed by atoms with van der Waals surface area (Å²) in [6.07, 6.45) is 0.160. The Balaban J connectivity index is 1.74. The van der Waals surface area contributed by atoms with Crippen LogP contribution in [0.15, 0.2) is 42.5 Å². The average molecular weight is 345 g/mol. The topological polar surface area (TPSA) is 99.7 Å². The first-order valence-electron chi connectivity index (χ1n) is 7.63. The first kappa shape index (κ1) is 16.7. The molecule has 1 unspecified atom stereocenters. The highest BCUT2D eigenvalue weighted by Crippen LogP contribution is 2.35. The normalized spacial score (nSPS) is 15.5. The zero-order valence-electron chi connectivity index (χ0n) is 13.1. The van der Waals surface area contributed by atoms with E-state index in [9.17, 15) is 14.0 Å². The van der Waals surface area contributed by atoms with Gasteiger partial charge < -0.3 is 15.4 Å². The van der Waals surface area contributed by atoms with Crippen LogP contribution in [0.2, 0.25) is 0 Å². The lowest BCUT2D eigenvalue weighted by Gasteiger charge is -2.26. The first-order chi connectivity index (χ1) is 12.1. The van der Waals surface area contributed by atoms with Gasteiger partial charge in [-0.05, 0) is 48.7 Å². The van der Waals surface area contributed by atoms with Crippen molar-refractivity contribution in [3.05, 3.63) is 53.8 Å². The van der Waals surface area contributed by atoms with Gasteiger partial charge in [0.1, 0.15) is 11.6 Å². The number of hydrogen-bond donors (Lipinski definition) is 4. The van der Waals surface area contributed by atoms with Crippen molar-refractivity contribution < 1.29 is 23.9 Å². The highest BCUT2D eigenvalue weighted by Gasteiger charge is 2.27. The van der Waals surface area contributed by atoms with Crippen LogP contribution in [-0.4, -0.2) is 23.2 Å². The molecule has 25 heavy (non-hydrogen) atoms. The molecule has 0 aromatic heterocycles. The maximum Gasteiger partial charge on any atom is 0.323 e. The number of anilines is 2. The Bertz CT molecular complexity index is 795. The molecule has 0 saturated heterocycles. The molecule has 2 aromatic carbocycles. The third kappa shape index (κ3) is 3.86. The van der Waals surface area contributed by atoms with E-state index in [2.05, 4.69) is 10.6 Å². The van der Waals surface area contributed by atoms with Crippen LogP contribution in [0.3, 0.4) is 0 Å². The van der Waals surface area contributed by atoms with Gasteiger partial charge in [0.2, 0.25) is 0 Å². The van der Waals surface area contributed by atoms with Crippen LogP contribution >= 0.6 is 0 Å². The molecule has 0 spiro atoms. The number of ether oxygens (including phenoxy) is 1. The molecule has 0 bridgehead atoms. The summed E-state index contributed by atoms with van der Waals surface area (Å²) >= 11 is 0. The third-order valence-electron chi connectivity index (χ3n) is 3.79. The van der Waals surface area contributed by atoms with E-state index < -0.39 is 23.9 Å². The molecule has 0 radical (unpaired) electrons. The number of carbonyl (C=O) groups excluding carboxylic acids is 2. The molecular weight excluding hydrogens is 329 g/mol. The first-order valence-corrected chi connectivity index (χ1v) is 7.63. The predicted molar refractivity (Wildman–Crippen MR) is 88.1 cm³/mol. The Morgan fingerprint density at radius 1 is 1.12 bits per heavy atom. The number of nitrogens with one attached hydrogen (secondary N) is 3. The Morgan fingerprint density at radius 2 is 1.88 bits per heavy atom. The molecule has 0 aliphatic carbocycles. The van der Waals surface area contributed by atoms with Crippen molar-refractivity contribution in [2.75, 3.05) is 10.6 Å². The van der Waals surface area contributed by atoms with E-state index in [4.69, 9.17) is 9.94 Å². The summed E-state index contributed by atoms with van der Waals surface area (Å²) in [6.45, 7) is 0. The summed E-state index contributed by atoms with van der Waals surface area (Å²) < 4.78 is 18.5. The predicted octanol–water partition coefficient (Wildman–Crippen LogP) is 2.67. The quantitative estimate of drug-likeness (QED) is 0.508. The standard InChI is InChI=1S/C17H16FN3O4/c18-11-5-7-12(8-6-11)19-17(23)20-13-3-1-2-10-4-9-14(16(22)21-24)25-15(10)13/h1-3,5-8,14,24H,4,9H2,(H,21,22)(H2,19,20,23). The smallest absolute Gasteiger partial charge is 0.323 e. The van der Waals surface area contributed by atoms with E-state index in [1.54, 1.807) is 17.6 Å². The second kappa shape index (κ2) is 7.18. The van der Waals surface area contributed by atoms with Crippen LogP contribution in [0.1, 0.15) is 12.0 Å². The monoisotopic (exact) mass is 345 g/mol. The fraction of sp³-hybridized carbons (Fsp3) is 0.176. The lowest BCUT2D eigenvalue weighted by Crippen LogP contribution is -2.39. The van der Waals surface area contributed by atoms with Gasteiger partial charge in [0.25, 0.3) is 5.91 Å². The molecule has 1 aliphatic rings. The van der Waals surface area contributed by atoms with Gasteiger partial charge in [0.05, 0.1) is 5.69 Å². The van der Waals surface area contributed by atoms with Crippen LogP contribution in [0.25, 0.3) is 0 Å². The molecule has 3 amide bonds. The van der Waals surface area contributed by atoms with E-state index in [0.717, 1.165) is 5.56 Å². The minimum Gasteiger partial charge on any atom is -0.478 e. The third-order valence-corrected chi connectivity index (χ3v) is 3.79. The highest BCUT2D eigenvalue weighted by molar-refractivity contribution is 6.00. The maximum absolute atomic E-state index is 12.9. The second-order valence-electron chi connectivity index (χ2n) is 5.50. The number of urea groups is 1.